The van der Waals surface area contributed by atoms with E-state index in [9.17, 15) is 4.79 Å². The predicted molar refractivity (Wildman–Crippen MR) is 89.5 cm³/mol. The van der Waals surface area contributed by atoms with Gasteiger partial charge in [0.2, 0.25) is 5.91 Å². The molecule has 0 aromatic heterocycles. The molecular weight excluding hydrogens is 272 g/mol. The van der Waals surface area contributed by atoms with E-state index in [0.717, 1.165) is 32.7 Å². The Hall–Kier alpha value is -1.35. The number of hydrogen-bond acceptors (Lipinski definition) is 2. The second-order valence-electron chi connectivity index (χ2n) is 7.55. The number of nitrogens with zero attached hydrogens (tertiary/aromatic N) is 2. The summed E-state index contributed by atoms with van der Waals surface area (Å²) in [5.41, 5.74) is 3.26. The lowest BCUT2D eigenvalue weighted by Gasteiger charge is -2.54. The minimum atomic E-state index is 0.137. The number of likely N-dealkylation sites (tertiary alicyclic amines) is 2. The van der Waals surface area contributed by atoms with Gasteiger partial charge in [-0.15, -0.1) is 0 Å². The van der Waals surface area contributed by atoms with Gasteiger partial charge in [0.05, 0.1) is 0 Å². The first-order chi connectivity index (χ1) is 10.5. The topological polar surface area (TPSA) is 23.6 Å². The quantitative estimate of drug-likeness (QED) is 0.856. The van der Waals surface area contributed by atoms with Crippen molar-refractivity contribution in [3.8, 4) is 0 Å². The molecule has 2 aliphatic rings. The molecule has 0 bridgehead atoms. The maximum atomic E-state index is 12.0. The zero-order valence-electron chi connectivity index (χ0n) is 14.1. The van der Waals surface area contributed by atoms with E-state index in [-0.39, 0.29) is 5.92 Å². The maximum Gasteiger partial charge on any atom is 0.225 e. The van der Waals surface area contributed by atoms with E-state index >= 15 is 0 Å². The number of hydrogen-bond donors (Lipinski definition) is 0. The highest BCUT2D eigenvalue weighted by molar-refractivity contribution is 5.79. The predicted octanol–water partition coefficient (Wildman–Crippen LogP) is 3.08. The monoisotopic (exact) mass is 300 g/mol. The lowest BCUT2D eigenvalue weighted by molar-refractivity contribution is -0.150. The van der Waals surface area contributed by atoms with Gasteiger partial charge < -0.3 is 4.90 Å². The van der Waals surface area contributed by atoms with Crippen LogP contribution in [0, 0.1) is 18.3 Å². The molecule has 22 heavy (non-hydrogen) atoms. The van der Waals surface area contributed by atoms with E-state index in [1.165, 1.54) is 24.0 Å². The molecule has 120 valence electrons. The normalized spacial score (nSPS) is 21.2. The largest absolute Gasteiger partial charge is 0.341 e. The number of rotatable bonds is 3. The fraction of sp³-hybridized carbons (Fsp3) is 0.632. The van der Waals surface area contributed by atoms with Gasteiger partial charge in [-0.3, -0.25) is 9.69 Å². The molecule has 1 aromatic carbocycles. The number of piperidine rings is 1. The van der Waals surface area contributed by atoms with E-state index in [2.05, 4.69) is 41.0 Å². The van der Waals surface area contributed by atoms with Gasteiger partial charge in [0.15, 0.2) is 0 Å². The van der Waals surface area contributed by atoms with E-state index in [1.54, 1.807) is 0 Å². The van der Waals surface area contributed by atoms with Crippen molar-refractivity contribution in [3.05, 3.63) is 35.4 Å². The van der Waals surface area contributed by atoms with Gasteiger partial charge in [-0.2, -0.15) is 0 Å². The molecule has 2 heterocycles. The Bertz CT molecular complexity index is 536. The molecule has 2 fully saturated rings. The Morgan fingerprint density at radius 2 is 1.82 bits per heavy atom. The van der Waals surface area contributed by atoms with E-state index in [1.807, 2.05) is 13.8 Å². The highest BCUT2D eigenvalue weighted by Crippen LogP contribution is 2.41. The SMILES string of the molecule is Cc1ccccc1CN1CCC2(CC1)CN(C(=O)C(C)C)C2. The molecule has 2 saturated heterocycles. The second kappa shape index (κ2) is 6.04. The lowest BCUT2D eigenvalue weighted by atomic mass is 9.71. The van der Waals surface area contributed by atoms with Crippen molar-refractivity contribution in [3.63, 3.8) is 0 Å². The first kappa shape index (κ1) is 15.5. The first-order valence-corrected chi connectivity index (χ1v) is 8.55. The number of amides is 1. The molecule has 1 aromatic rings. The number of benzene rings is 1. The summed E-state index contributed by atoms with van der Waals surface area (Å²) >= 11 is 0. The van der Waals surface area contributed by atoms with Crippen LogP contribution in [0.25, 0.3) is 0 Å². The molecule has 0 N–H and O–H groups in total. The summed E-state index contributed by atoms with van der Waals surface area (Å²) in [5.74, 6) is 0.464. The van der Waals surface area contributed by atoms with E-state index < -0.39 is 0 Å². The van der Waals surface area contributed by atoms with E-state index in [0.29, 0.717) is 11.3 Å². The molecule has 0 atom stereocenters. The van der Waals surface area contributed by atoms with Gasteiger partial charge in [0.1, 0.15) is 0 Å². The van der Waals surface area contributed by atoms with Crippen LogP contribution in [-0.2, 0) is 11.3 Å². The average molecular weight is 300 g/mol. The van der Waals surface area contributed by atoms with Crippen LogP contribution in [0.2, 0.25) is 0 Å². The summed E-state index contributed by atoms with van der Waals surface area (Å²) in [6.07, 6.45) is 2.47. The van der Waals surface area contributed by atoms with Crippen LogP contribution in [0.5, 0.6) is 0 Å². The molecule has 3 nitrogen and oxygen atoms in total. The van der Waals surface area contributed by atoms with Crippen molar-refractivity contribution in [1.29, 1.82) is 0 Å². The number of carbonyl (C=O) groups is 1. The molecule has 0 unspecified atom stereocenters. The summed E-state index contributed by atoms with van der Waals surface area (Å²) in [7, 11) is 0. The van der Waals surface area contributed by atoms with Gasteiger partial charge in [-0.05, 0) is 44.0 Å². The highest BCUT2D eigenvalue weighted by Gasteiger charge is 2.46. The van der Waals surface area contributed by atoms with Crippen molar-refractivity contribution in [1.82, 2.24) is 9.80 Å². The van der Waals surface area contributed by atoms with Gasteiger partial charge in [-0.1, -0.05) is 38.1 Å². The van der Waals surface area contributed by atoms with Gasteiger partial charge >= 0.3 is 0 Å². The third-order valence-corrected chi connectivity index (χ3v) is 5.43. The van der Waals surface area contributed by atoms with Crippen LogP contribution in [0.15, 0.2) is 24.3 Å². The summed E-state index contributed by atoms with van der Waals surface area (Å²) < 4.78 is 0. The van der Waals surface area contributed by atoms with E-state index in [4.69, 9.17) is 0 Å². The molecule has 1 amide bonds. The molecule has 0 radical (unpaired) electrons. The number of aryl methyl sites for hydroxylation is 1. The molecule has 2 aliphatic heterocycles. The summed E-state index contributed by atoms with van der Waals surface area (Å²) in [5, 5.41) is 0. The summed E-state index contributed by atoms with van der Waals surface area (Å²) in [4.78, 5) is 16.6. The highest BCUT2D eigenvalue weighted by atomic mass is 16.2. The Labute approximate surface area is 134 Å². The van der Waals surface area contributed by atoms with Gasteiger partial charge in [-0.25, -0.2) is 0 Å². The average Bonchev–Trinajstić information content (AvgIpc) is 2.47. The van der Waals surface area contributed by atoms with Crippen molar-refractivity contribution in [2.45, 2.75) is 40.2 Å². The zero-order valence-corrected chi connectivity index (χ0v) is 14.1. The minimum absolute atomic E-state index is 0.137. The maximum absolute atomic E-state index is 12.0. The lowest BCUT2D eigenvalue weighted by Crippen LogP contribution is -2.62. The fourth-order valence-electron chi connectivity index (χ4n) is 3.81. The Morgan fingerprint density at radius 1 is 1.18 bits per heavy atom. The fourth-order valence-corrected chi connectivity index (χ4v) is 3.81. The molecule has 0 saturated carbocycles. The van der Waals surface area contributed by atoms with Crippen LogP contribution >= 0.6 is 0 Å². The second-order valence-corrected chi connectivity index (χ2v) is 7.55. The van der Waals surface area contributed by atoms with Crippen LogP contribution in [0.1, 0.15) is 37.8 Å². The molecule has 3 heteroatoms. The van der Waals surface area contributed by atoms with Crippen molar-refractivity contribution < 1.29 is 4.79 Å². The third-order valence-electron chi connectivity index (χ3n) is 5.43. The third kappa shape index (κ3) is 3.05. The van der Waals surface area contributed by atoms with Crippen molar-refractivity contribution in [2.75, 3.05) is 26.2 Å². The van der Waals surface area contributed by atoms with Gasteiger partial charge in [0.25, 0.3) is 0 Å². The molecule has 1 spiro atoms. The summed E-state index contributed by atoms with van der Waals surface area (Å²) in [6.45, 7) is 11.6. The van der Waals surface area contributed by atoms with Crippen molar-refractivity contribution >= 4 is 5.91 Å². The minimum Gasteiger partial charge on any atom is -0.341 e. The molecule has 0 aliphatic carbocycles. The van der Waals surface area contributed by atoms with Crippen LogP contribution < -0.4 is 0 Å². The molecule has 3 rings (SSSR count). The van der Waals surface area contributed by atoms with Crippen LogP contribution in [0.3, 0.4) is 0 Å². The summed E-state index contributed by atoms with van der Waals surface area (Å²) in [6, 6.07) is 8.68. The smallest absolute Gasteiger partial charge is 0.225 e. The van der Waals surface area contributed by atoms with Crippen LogP contribution in [0.4, 0.5) is 0 Å². The van der Waals surface area contributed by atoms with Gasteiger partial charge in [0, 0.05) is 31.0 Å². The number of carbonyl (C=O) groups excluding carboxylic acids is 1. The standard InChI is InChI=1S/C19H28N2O/c1-15(2)18(22)21-13-19(14-21)8-10-20(11-9-19)12-17-7-5-4-6-16(17)3/h4-7,15H,8-14H2,1-3H3. The Balaban J connectivity index is 1.50. The molecular formula is C19H28N2O. The van der Waals surface area contributed by atoms with Crippen LogP contribution in [-0.4, -0.2) is 41.9 Å². The Kier molecular flexibility index (Phi) is 4.26. The van der Waals surface area contributed by atoms with Crippen molar-refractivity contribution in [2.24, 2.45) is 11.3 Å². The Morgan fingerprint density at radius 3 is 2.41 bits per heavy atom. The first-order valence-electron chi connectivity index (χ1n) is 8.55. The zero-order chi connectivity index (χ0) is 15.7.